The lowest BCUT2D eigenvalue weighted by Crippen LogP contribution is -2.39. The molecule has 4 nitrogen and oxygen atoms in total. The summed E-state index contributed by atoms with van der Waals surface area (Å²) in [4.78, 5) is 12.1. The molecule has 1 unspecified atom stereocenters. The van der Waals surface area contributed by atoms with Crippen LogP contribution in [0.2, 0.25) is 0 Å². The SMILES string of the molecule is COCC(CCO)NC(=O)c1cccc(C)c1C. The minimum absolute atomic E-state index is 0.0289. The molecule has 1 rings (SSSR count). The molecule has 0 fully saturated rings. The van der Waals surface area contributed by atoms with Gasteiger partial charge in [0.05, 0.1) is 12.6 Å². The Hall–Kier alpha value is -1.39. The summed E-state index contributed by atoms with van der Waals surface area (Å²) < 4.78 is 5.02. The van der Waals surface area contributed by atoms with E-state index in [-0.39, 0.29) is 18.6 Å². The van der Waals surface area contributed by atoms with Crippen molar-refractivity contribution in [3.8, 4) is 0 Å². The molecule has 18 heavy (non-hydrogen) atoms. The maximum Gasteiger partial charge on any atom is 0.251 e. The van der Waals surface area contributed by atoms with Gasteiger partial charge in [-0.25, -0.2) is 0 Å². The van der Waals surface area contributed by atoms with Crippen molar-refractivity contribution in [3.05, 3.63) is 34.9 Å². The maximum atomic E-state index is 12.1. The smallest absolute Gasteiger partial charge is 0.251 e. The van der Waals surface area contributed by atoms with Gasteiger partial charge in [-0.1, -0.05) is 12.1 Å². The first kappa shape index (κ1) is 14.7. The molecule has 4 heteroatoms. The lowest BCUT2D eigenvalue weighted by Gasteiger charge is -2.18. The topological polar surface area (TPSA) is 58.6 Å². The van der Waals surface area contributed by atoms with E-state index in [1.54, 1.807) is 13.2 Å². The van der Waals surface area contributed by atoms with Crippen LogP contribution in [0.25, 0.3) is 0 Å². The molecule has 0 spiro atoms. The Morgan fingerprint density at radius 2 is 2.17 bits per heavy atom. The molecule has 1 aromatic carbocycles. The summed E-state index contributed by atoms with van der Waals surface area (Å²) in [5.41, 5.74) is 2.75. The van der Waals surface area contributed by atoms with Gasteiger partial charge < -0.3 is 15.2 Å². The minimum Gasteiger partial charge on any atom is -0.396 e. The molecule has 0 aliphatic heterocycles. The van der Waals surface area contributed by atoms with E-state index < -0.39 is 0 Å². The largest absolute Gasteiger partial charge is 0.396 e. The van der Waals surface area contributed by atoms with E-state index in [9.17, 15) is 4.79 Å². The van der Waals surface area contributed by atoms with Crippen LogP contribution in [-0.4, -0.2) is 37.4 Å². The summed E-state index contributed by atoms with van der Waals surface area (Å²) in [7, 11) is 1.58. The van der Waals surface area contributed by atoms with Crippen molar-refractivity contribution in [1.29, 1.82) is 0 Å². The number of nitrogens with one attached hydrogen (secondary N) is 1. The molecule has 0 bridgehead atoms. The maximum absolute atomic E-state index is 12.1. The summed E-state index contributed by atoms with van der Waals surface area (Å²) in [6.45, 7) is 4.34. The van der Waals surface area contributed by atoms with Crippen LogP contribution in [0.1, 0.15) is 27.9 Å². The van der Waals surface area contributed by atoms with Crippen LogP contribution in [0, 0.1) is 13.8 Å². The number of carbonyl (C=O) groups is 1. The summed E-state index contributed by atoms with van der Waals surface area (Å²) >= 11 is 0. The van der Waals surface area contributed by atoms with Crippen LogP contribution < -0.4 is 5.32 Å². The number of hydrogen-bond donors (Lipinski definition) is 2. The van der Waals surface area contributed by atoms with E-state index in [0.717, 1.165) is 11.1 Å². The van der Waals surface area contributed by atoms with Crippen LogP contribution >= 0.6 is 0 Å². The van der Waals surface area contributed by atoms with Gasteiger partial charge in [0, 0.05) is 19.3 Å². The molecular weight excluding hydrogens is 230 g/mol. The number of ether oxygens (including phenoxy) is 1. The Bertz CT molecular complexity index is 398. The predicted octanol–water partition coefficient (Wildman–Crippen LogP) is 1.43. The zero-order valence-electron chi connectivity index (χ0n) is 11.2. The number of methoxy groups -OCH3 is 1. The van der Waals surface area contributed by atoms with Crippen LogP contribution in [0.15, 0.2) is 18.2 Å². The fourth-order valence-corrected chi connectivity index (χ4v) is 1.81. The molecule has 0 saturated heterocycles. The normalized spacial score (nSPS) is 12.2. The van der Waals surface area contributed by atoms with Gasteiger partial charge >= 0.3 is 0 Å². The number of rotatable bonds is 6. The van der Waals surface area contributed by atoms with Gasteiger partial charge in [-0.2, -0.15) is 0 Å². The predicted molar refractivity (Wildman–Crippen MR) is 70.7 cm³/mol. The van der Waals surface area contributed by atoms with E-state index in [1.807, 2.05) is 26.0 Å². The van der Waals surface area contributed by atoms with Crippen LogP contribution in [0.3, 0.4) is 0 Å². The Balaban J connectivity index is 2.77. The standard InChI is InChI=1S/C14H21NO3/c1-10-5-4-6-13(11(10)2)14(17)15-12(7-8-16)9-18-3/h4-6,12,16H,7-9H2,1-3H3,(H,15,17). The summed E-state index contributed by atoms with van der Waals surface area (Å²) in [5, 5.41) is 11.8. The second-order valence-corrected chi connectivity index (χ2v) is 4.39. The van der Waals surface area contributed by atoms with Gasteiger partial charge in [0.2, 0.25) is 0 Å². The molecule has 1 amide bonds. The summed E-state index contributed by atoms with van der Waals surface area (Å²) in [6, 6.07) is 5.49. The van der Waals surface area contributed by atoms with Crippen LogP contribution in [0.5, 0.6) is 0 Å². The second kappa shape index (κ2) is 7.13. The van der Waals surface area contributed by atoms with Crippen molar-refractivity contribution >= 4 is 5.91 Å². The summed E-state index contributed by atoms with van der Waals surface area (Å²) in [6.07, 6.45) is 0.491. The Kier molecular flexibility index (Phi) is 5.82. The van der Waals surface area contributed by atoms with Crippen molar-refractivity contribution < 1.29 is 14.6 Å². The van der Waals surface area contributed by atoms with Crippen molar-refractivity contribution in [2.24, 2.45) is 0 Å². The molecule has 1 aromatic rings. The van der Waals surface area contributed by atoms with Crippen molar-refractivity contribution in [1.82, 2.24) is 5.32 Å². The van der Waals surface area contributed by atoms with Crippen LogP contribution in [0.4, 0.5) is 0 Å². The summed E-state index contributed by atoms with van der Waals surface area (Å²) in [5.74, 6) is -0.119. The Morgan fingerprint density at radius 3 is 2.78 bits per heavy atom. The number of aliphatic hydroxyl groups is 1. The average Bonchev–Trinajstić information content (AvgIpc) is 2.33. The van der Waals surface area contributed by atoms with Gasteiger partial charge in [0.1, 0.15) is 0 Å². The molecular formula is C14H21NO3. The third-order valence-corrected chi connectivity index (χ3v) is 3.03. The fraction of sp³-hybridized carbons (Fsp3) is 0.500. The molecule has 0 heterocycles. The highest BCUT2D eigenvalue weighted by Crippen LogP contribution is 2.12. The highest BCUT2D eigenvalue weighted by Gasteiger charge is 2.15. The molecule has 0 aliphatic carbocycles. The first-order valence-corrected chi connectivity index (χ1v) is 6.07. The van der Waals surface area contributed by atoms with E-state index >= 15 is 0 Å². The zero-order valence-corrected chi connectivity index (χ0v) is 11.2. The highest BCUT2D eigenvalue weighted by atomic mass is 16.5. The van der Waals surface area contributed by atoms with Crippen molar-refractivity contribution in [2.45, 2.75) is 26.3 Å². The fourth-order valence-electron chi connectivity index (χ4n) is 1.81. The monoisotopic (exact) mass is 251 g/mol. The van der Waals surface area contributed by atoms with E-state index in [1.165, 1.54) is 0 Å². The van der Waals surface area contributed by atoms with Gasteiger partial charge in [-0.05, 0) is 37.5 Å². The lowest BCUT2D eigenvalue weighted by molar-refractivity contribution is 0.0878. The van der Waals surface area contributed by atoms with Gasteiger partial charge in [0.15, 0.2) is 0 Å². The molecule has 100 valence electrons. The van der Waals surface area contributed by atoms with E-state index in [2.05, 4.69) is 5.32 Å². The molecule has 0 radical (unpaired) electrons. The molecule has 0 saturated carbocycles. The number of hydrogen-bond acceptors (Lipinski definition) is 3. The lowest BCUT2D eigenvalue weighted by atomic mass is 10.0. The number of carbonyl (C=O) groups excluding carboxylic acids is 1. The first-order chi connectivity index (χ1) is 8.60. The third-order valence-electron chi connectivity index (χ3n) is 3.03. The van der Waals surface area contributed by atoms with Gasteiger partial charge in [0.25, 0.3) is 5.91 Å². The highest BCUT2D eigenvalue weighted by molar-refractivity contribution is 5.96. The molecule has 0 aliphatic rings. The molecule has 1 atom stereocenters. The van der Waals surface area contributed by atoms with Gasteiger partial charge in [-0.15, -0.1) is 0 Å². The van der Waals surface area contributed by atoms with E-state index in [4.69, 9.17) is 9.84 Å². The number of aliphatic hydroxyl groups excluding tert-OH is 1. The van der Waals surface area contributed by atoms with Gasteiger partial charge in [-0.3, -0.25) is 4.79 Å². The minimum atomic E-state index is -0.160. The number of amides is 1. The molecule has 2 N–H and O–H groups in total. The van der Waals surface area contributed by atoms with Crippen LogP contribution in [-0.2, 0) is 4.74 Å². The van der Waals surface area contributed by atoms with Crippen molar-refractivity contribution in [3.63, 3.8) is 0 Å². The third kappa shape index (κ3) is 3.82. The van der Waals surface area contributed by atoms with Crippen molar-refractivity contribution in [2.75, 3.05) is 20.3 Å². The Labute approximate surface area is 108 Å². The first-order valence-electron chi connectivity index (χ1n) is 6.07. The quantitative estimate of drug-likeness (QED) is 0.804. The second-order valence-electron chi connectivity index (χ2n) is 4.39. The zero-order chi connectivity index (χ0) is 13.5. The Morgan fingerprint density at radius 1 is 1.44 bits per heavy atom. The van der Waals surface area contributed by atoms with E-state index in [0.29, 0.717) is 18.6 Å². The number of aryl methyl sites for hydroxylation is 1. The average molecular weight is 251 g/mol. The molecule has 0 aromatic heterocycles. The number of benzene rings is 1.